The topological polar surface area (TPSA) is 108 Å². The fraction of sp³-hybridized carbons (Fsp3) is 0.807. The first-order valence-corrected chi connectivity index (χ1v) is 29.1. The molecule has 0 aromatic carbocycles. The van der Waals surface area contributed by atoms with Gasteiger partial charge in [0.25, 0.3) is 7.82 Å². The van der Waals surface area contributed by atoms with E-state index in [1.807, 2.05) is 27.2 Å². The van der Waals surface area contributed by atoms with Crippen molar-refractivity contribution in [1.29, 1.82) is 0 Å². The van der Waals surface area contributed by atoms with E-state index in [-0.39, 0.29) is 12.5 Å². The minimum absolute atomic E-state index is 0.00982. The molecule has 386 valence electrons. The first-order chi connectivity index (χ1) is 32.0. The van der Waals surface area contributed by atoms with Crippen LogP contribution in [0.4, 0.5) is 0 Å². The van der Waals surface area contributed by atoms with Crippen LogP contribution in [0.2, 0.25) is 0 Å². The lowest BCUT2D eigenvalue weighted by Gasteiger charge is -2.29. The fourth-order valence-corrected chi connectivity index (χ4v) is 8.53. The molecule has 0 aromatic rings. The van der Waals surface area contributed by atoms with Crippen molar-refractivity contribution in [2.75, 3.05) is 40.9 Å². The smallest absolute Gasteiger partial charge is 0.268 e. The molecule has 1 amide bonds. The number of rotatable bonds is 50. The normalized spacial score (nSPS) is 14.5. The number of phosphoric acid groups is 1. The molecule has 0 aliphatic heterocycles. The third-order valence-electron chi connectivity index (χ3n) is 12.2. The van der Waals surface area contributed by atoms with Gasteiger partial charge < -0.3 is 28.8 Å². The number of hydrogen-bond donors (Lipinski definition) is 2. The van der Waals surface area contributed by atoms with Crippen LogP contribution >= 0.6 is 7.82 Å². The van der Waals surface area contributed by atoms with Crippen LogP contribution in [0.3, 0.4) is 0 Å². The number of nitrogens with one attached hydrogen (secondary N) is 1. The molecule has 3 atom stereocenters. The van der Waals surface area contributed by atoms with E-state index in [0.29, 0.717) is 17.4 Å². The van der Waals surface area contributed by atoms with Gasteiger partial charge in [-0.15, -0.1) is 0 Å². The Balaban J connectivity index is 4.17. The summed E-state index contributed by atoms with van der Waals surface area (Å²) in [6.07, 6.45) is 64.4. The van der Waals surface area contributed by atoms with Crippen molar-refractivity contribution in [3.05, 3.63) is 60.8 Å². The van der Waals surface area contributed by atoms with Crippen molar-refractivity contribution in [3.8, 4) is 0 Å². The number of aliphatic hydroxyl groups excluding tert-OH is 1. The summed E-state index contributed by atoms with van der Waals surface area (Å²) >= 11 is 0. The van der Waals surface area contributed by atoms with Gasteiger partial charge in [-0.3, -0.25) is 9.36 Å². The lowest BCUT2D eigenvalue weighted by Crippen LogP contribution is -2.45. The lowest BCUT2D eigenvalue weighted by molar-refractivity contribution is -0.870. The van der Waals surface area contributed by atoms with Crippen LogP contribution in [0.5, 0.6) is 0 Å². The second-order valence-electron chi connectivity index (χ2n) is 19.9. The van der Waals surface area contributed by atoms with Crippen LogP contribution in [-0.2, 0) is 18.4 Å². The Morgan fingerprint density at radius 2 is 0.894 bits per heavy atom. The van der Waals surface area contributed by atoms with E-state index in [0.717, 1.165) is 51.4 Å². The molecule has 0 saturated carbocycles. The van der Waals surface area contributed by atoms with E-state index in [1.165, 1.54) is 173 Å². The van der Waals surface area contributed by atoms with Crippen LogP contribution in [0.15, 0.2) is 60.8 Å². The molecule has 66 heavy (non-hydrogen) atoms. The van der Waals surface area contributed by atoms with Crippen molar-refractivity contribution in [1.82, 2.24) is 5.32 Å². The summed E-state index contributed by atoms with van der Waals surface area (Å²) in [7, 11) is 1.23. The number of unbranched alkanes of at least 4 members (excludes halogenated alkanes) is 29. The monoisotopic (exact) mass is 947 g/mol. The van der Waals surface area contributed by atoms with Crippen molar-refractivity contribution in [3.63, 3.8) is 0 Å². The van der Waals surface area contributed by atoms with Crippen LogP contribution < -0.4 is 10.2 Å². The predicted octanol–water partition coefficient (Wildman–Crippen LogP) is 15.9. The largest absolute Gasteiger partial charge is 0.756 e. The standard InChI is InChI=1S/C57H107N2O6P/c1-6-8-10-12-14-16-18-20-22-23-24-25-26-27-28-29-30-31-32-33-34-35-37-39-41-43-45-47-49-51-57(61)58-55(54-65-66(62,63)64-53-52-59(3,4)5)56(60)50-48-46-44-42-40-38-36-21-19-17-15-13-11-9-7-2/h18-21,23-24,40,42,48,50,55-56,60H,6-17,22,25-39,41,43-47,49,51-54H2,1-5H3,(H-,58,61,62,63)/b20-18-,21-19+,24-23-,42-40+,50-48+. The minimum Gasteiger partial charge on any atom is -0.756 e. The van der Waals surface area contributed by atoms with Gasteiger partial charge in [-0.05, 0) is 77.0 Å². The highest BCUT2D eigenvalue weighted by Crippen LogP contribution is 2.38. The van der Waals surface area contributed by atoms with Crippen LogP contribution in [-0.4, -0.2) is 68.5 Å². The molecule has 3 unspecified atom stereocenters. The number of aliphatic hydroxyl groups is 1. The molecular weight excluding hydrogens is 840 g/mol. The zero-order valence-electron chi connectivity index (χ0n) is 43.9. The molecule has 0 radical (unpaired) electrons. The molecule has 0 aliphatic rings. The van der Waals surface area contributed by atoms with Crippen molar-refractivity contribution in [2.24, 2.45) is 0 Å². The molecule has 0 aromatic heterocycles. The van der Waals surface area contributed by atoms with Gasteiger partial charge in [0, 0.05) is 6.42 Å². The first kappa shape index (κ1) is 64.2. The average molecular weight is 947 g/mol. The third-order valence-corrected chi connectivity index (χ3v) is 13.1. The van der Waals surface area contributed by atoms with E-state index in [4.69, 9.17) is 9.05 Å². The Kier molecular flexibility index (Phi) is 46.9. The number of allylic oxidation sites excluding steroid dienone is 9. The molecule has 0 rings (SSSR count). The third kappa shape index (κ3) is 50.1. The van der Waals surface area contributed by atoms with Gasteiger partial charge in [-0.25, -0.2) is 0 Å². The number of likely N-dealkylation sites (N-methyl/N-ethyl adjacent to an activating group) is 1. The van der Waals surface area contributed by atoms with Crippen molar-refractivity contribution < 1.29 is 32.9 Å². The molecule has 0 heterocycles. The summed E-state index contributed by atoms with van der Waals surface area (Å²) in [4.78, 5) is 25.4. The van der Waals surface area contributed by atoms with Gasteiger partial charge in [0.1, 0.15) is 13.2 Å². The minimum atomic E-state index is -4.61. The van der Waals surface area contributed by atoms with Gasteiger partial charge in [0.15, 0.2) is 0 Å². The number of amides is 1. The maximum Gasteiger partial charge on any atom is 0.268 e. The predicted molar refractivity (Wildman–Crippen MR) is 284 cm³/mol. The summed E-state index contributed by atoms with van der Waals surface area (Å²) in [5.41, 5.74) is 0. The number of nitrogens with zero attached hydrogens (tertiary/aromatic N) is 1. The van der Waals surface area contributed by atoms with Gasteiger partial charge in [0.2, 0.25) is 5.91 Å². The summed E-state index contributed by atoms with van der Waals surface area (Å²) in [6.45, 7) is 4.60. The molecule has 9 heteroatoms. The second-order valence-corrected chi connectivity index (χ2v) is 21.3. The van der Waals surface area contributed by atoms with Crippen LogP contribution in [0.1, 0.15) is 245 Å². The second kappa shape index (κ2) is 48.2. The molecular formula is C57H107N2O6P. The summed E-state index contributed by atoms with van der Waals surface area (Å²) in [5.74, 6) is -0.211. The van der Waals surface area contributed by atoms with Gasteiger partial charge in [-0.1, -0.05) is 222 Å². The summed E-state index contributed by atoms with van der Waals surface area (Å²) in [5, 5.41) is 13.8. The number of hydrogen-bond acceptors (Lipinski definition) is 6. The van der Waals surface area contributed by atoms with Crippen molar-refractivity contribution in [2.45, 2.75) is 257 Å². The van der Waals surface area contributed by atoms with E-state index in [9.17, 15) is 19.4 Å². The highest BCUT2D eigenvalue weighted by Gasteiger charge is 2.23. The Bertz CT molecular complexity index is 1260. The molecule has 8 nitrogen and oxygen atoms in total. The van der Waals surface area contributed by atoms with Gasteiger partial charge >= 0.3 is 0 Å². The van der Waals surface area contributed by atoms with Gasteiger partial charge in [-0.2, -0.15) is 0 Å². The Hall–Kier alpha value is -1.80. The molecule has 0 saturated heterocycles. The van der Waals surface area contributed by atoms with Crippen LogP contribution in [0, 0.1) is 0 Å². The Labute approximate surface area is 409 Å². The molecule has 2 N–H and O–H groups in total. The lowest BCUT2D eigenvalue weighted by atomic mass is 10.0. The first-order valence-electron chi connectivity index (χ1n) is 27.7. The number of carbonyl (C=O) groups excluding carboxylic acids is 1. The maximum absolute atomic E-state index is 12.9. The molecule has 0 aliphatic carbocycles. The van der Waals surface area contributed by atoms with Crippen molar-refractivity contribution >= 4 is 13.7 Å². The van der Waals surface area contributed by atoms with E-state index < -0.39 is 26.6 Å². The number of quaternary nitrogens is 1. The average Bonchev–Trinajstić information content (AvgIpc) is 3.28. The summed E-state index contributed by atoms with van der Waals surface area (Å²) < 4.78 is 23.3. The van der Waals surface area contributed by atoms with E-state index >= 15 is 0 Å². The quantitative estimate of drug-likeness (QED) is 0.0272. The molecule has 0 spiro atoms. The van der Waals surface area contributed by atoms with E-state index in [2.05, 4.69) is 67.8 Å². The summed E-state index contributed by atoms with van der Waals surface area (Å²) in [6, 6.07) is -0.910. The Morgan fingerprint density at radius 1 is 0.530 bits per heavy atom. The zero-order chi connectivity index (χ0) is 48.5. The molecule has 0 fully saturated rings. The zero-order valence-corrected chi connectivity index (χ0v) is 44.8. The number of carbonyl (C=O) groups is 1. The highest BCUT2D eigenvalue weighted by atomic mass is 31.2. The highest BCUT2D eigenvalue weighted by molar-refractivity contribution is 7.45. The number of phosphoric ester groups is 1. The van der Waals surface area contributed by atoms with E-state index in [1.54, 1.807) is 6.08 Å². The van der Waals surface area contributed by atoms with Gasteiger partial charge in [0.05, 0.1) is 39.9 Å². The SMILES string of the molecule is CCCCCCC/C=C\C/C=C\CCCCCCCCCCCCCCCCCCCC(=O)NC(COP(=O)([O-])OCC[N+](C)(C)C)C(O)/C=C/CC/C=C/CC/C=C/CCCCCCC. The van der Waals surface area contributed by atoms with Crippen LogP contribution in [0.25, 0.3) is 0 Å². The fourth-order valence-electron chi connectivity index (χ4n) is 7.80. The molecule has 0 bridgehead atoms. The maximum atomic E-state index is 12.9. The Morgan fingerprint density at radius 3 is 1.32 bits per heavy atom.